The van der Waals surface area contributed by atoms with E-state index in [1.54, 1.807) is 6.33 Å². The Bertz CT molecular complexity index is 411. The predicted octanol–water partition coefficient (Wildman–Crippen LogP) is 1.01. The summed E-state index contributed by atoms with van der Waals surface area (Å²) in [4.78, 5) is 15.7. The minimum Gasteiger partial charge on any atom is -0.353 e. The van der Waals surface area contributed by atoms with E-state index in [0.717, 1.165) is 31.6 Å². The summed E-state index contributed by atoms with van der Waals surface area (Å²) in [5.74, 6) is 1.12. The van der Waals surface area contributed by atoms with Gasteiger partial charge in [-0.05, 0) is 39.7 Å². The molecule has 0 spiro atoms. The molecular weight excluding hydrogens is 242 g/mol. The van der Waals surface area contributed by atoms with E-state index in [1.165, 1.54) is 0 Å². The van der Waals surface area contributed by atoms with Crippen LogP contribution in [0.1, 0.15) is 51.4 Å². The molecule has 1 fully saturated rings. The van der Waals surface area contributed by atoms with Gasteiger partial charge in [-0.1, -0.05) is 0 Å². The zero-order valence-corrected chi connectivity index (χ0v) is 11.7. The van der Waals surface area contributed by atoms with E-state index in [0.29, 0.717) is 25.0 Å². The van der Waals surface area contributed by atoms with E-state index < -0.39 is 0 Å². The van der Waals surface area contributed by atoms with E-state index in [2.05, 4.69) is 34.6 Å². The van der Waals surface area contributed by atoms with Gasteiger partial charge < -0.3 is 10.6 Å². The molecule has 1 heterocycles. The fraction of sp³-hybridized carbons (Fsp3) is 0.769. The van der Waals surface area contributed by atoms with Crippen molar-refractivity contribution in [2.24, 2.45) is 0 Å². The highest BCUT2D eigenvalue weighted by Gasteiger charge is 2.22. The van der Waals surface area contributed by atoms with Gasteiger partial charge in [-0.15, -0.1) is 0 Å². The highest BCUT2D eigenvalue weighted by Crippen LogP contribution is 2.18. The average molecular weight is 265 g/mol. The minimum atomic E-state index is 0.176. The molecule has 106 valence electrons. The van der Waals surface area contributed by atoms with Gasteiger partial charge in [0.15, 0.2) is 0 Å². The van der Waals surface area contributed by atoms with Crippen LogP contribution in [0.15, 0.2) is 6.33 Å². The molecular formula is C13H23N5O. The summed E-state index contributed by atoms with van der Waals surface area (Å²) in [5.41, 5.74) is 0. The number of rotatable bonds is 8. The van der Waals surface area contributed by atoms with Crippen LogP contribution in [-0.2, 0) is 11.3 Å². The van der Waals surface area contributed by atoms with Gasteiger partial charge in [0.2, 0.25) is 5.91 Å². The van der Waals surface area contributed by atoms with Gasteiger partial charge >= 0.3 is 0 Å². The van der Waals surface area contributed by atoms with Crippen molar-refractivity contribution in [3.63, 3.8) is 0 Å². The molecule has 0 aromatic carbocycles. The van der Waals surface area contributed by atoms with Crippen LogP contribution >= 0.6 is 0 Å². The van der Waals surface area contributed by atoms with Crippen LogP contribution in [-0.4, -0.2) is 33.3 Å². The van der Waals surface area contributed by atoms with Crippen molar-refractivity contribution in [3.05, 3.63) is 12.2 Å². The Labute approximate surface area is 114 Å². The minimum absolute atomic E-state index is 0.176. The van der Waals surface area contributed by atoms with Crippen molar-refractivity contribution in [2.75, 3.05) is 6.54 Å². The molecule has 1 saturated carbocycles. The van der Waals surface area contributed by atoms with Crippen LogP contribution in [0.3, 0.4) is 0 Å². The Morgan fingerprint density at radius 3 is 3.00 bits per heavy atom. The fourth-order valence-electron chi connectivity index (χ4n) is 1.93. The number of carbonyl (C=O) groups is 1. The van der Waals surface area contributed by atoms with Crippen molar-refractivity contribution >= 4 is 5.91 Å². The van der Waals surface area contributed by atoms with Gasteiger partial charge in [0.1, 0.15) is 12.2 Å². The second-order valence-electron chi connectivity index (χ2n) is 5.34. The molecule has 1 aliphatic carbocycles. The zero-order chi connectivity index (χ0) is 13.7. The smallest absolute Gasteiger partial charge is 0.220 e. The topological polar surface area (TPSA) is 71.8 Å². The third-order valence-corrected chi connectivity index (χ3v) is 3.12. The van der Waals surface area contributed by atoms with Crippen molar-refractivity contribution in [1.82, 2.24) is 25.4 Å². The second-order valence-corrected chi connectivity index (χ2v) is 5.34. The average Bonchev–Trinajstić information content (AvgIpc) is 3.04. The number of amides is 1. The monoisotopic (exact) mass is 265 g/mol. The Balaban J connectivity index is 1.58. The van der Waals surface area contributed by atoms with Gasteiger partial charge in [-0.25, -0.2) is 9.67 Å². The van der Waals surface area contributed by atoms with Crippen LogP contribution in [0.2, 0.25) is 0 Å². The Morgan fingerprint density at radius 2 is 2.32 bits per heavy atom. The molecule has 1 amide bonds. The van der Waals surface area contributed by atoms with Crippen LogP contribution in [0.4, 0.5) is 0 Å². The molecule has 6 heteroatoms. The highest BCUT2D eigenvalue weighted by atomic mass is 16.1. The van der Waals surface area contributed by atoms with E-state index in [9.17, 15) is 4.79 Å². The molecule has 0 bridgehead atoms. The van der Waals surface area contributed by atoms with Gasteiger partial charge in [0.05, 0.1) is 6.54 Å². The largest absolute Gasteiger partial charge is 0.353 e. The molecule has 1 aliphatic rings. The standard InChI is InChI=1S/C13H23N5O/c1-10(2)18-12(15-9-16-18)8-14-7-3-4-13(19)17-11-5-6-11/h9-11,14H,3-8H2,1-2H3,(H,17,19). The van der Waals surface area contributed by atoms with E-state index in [4.69, 9.17) is 0 Å². The number of nitrogens with zero attached hydrogens (tertiary/aromatic N) is 3. The fourth-order valence-corrected chi connectivity index (χ4v) is 1.93. The molecule has 1 aromatic heterocycles. The Kier molecular flexibility index (Phi) is 4.90. The molecule has 1 aromatic rings. The number of aromatic nitrogens is 3. The number of carbonyl (C=O) groups excluding carboxylic acids is 1. The lowest BCUT2D eigenvalue weighted by molar-refractivity contribution is -0.121. The first-order chi connectivity index (χ1) is 9.16. The van der Waals surface area contributed by atoms with Crippen molar-refractivity contribution in [3.8, 4) is 0 Å². The molecule has 0 atom stereocenters. The summed E-state index contributed by atoms with van der Waals surface area (Å²) in [6.07, 6.45) is 5.33. The number of hydrogen-bond donors (Lipinski definition) is 2. The van der Waals surface area contributed by atoms with Gasteiger partial charge in [-0.2, -0.15) is 5.10 Å². The maximum atomic E-state index is 11.5. The molecule has 19 heavy (non-hydrogen) atoms. The van der Waals surface area contributed by atoms with Crippen LogP contribution in [0.5, 0.6) is 0 Å². The molecule has 0 aliphatic heterocycles. The lowest BCUT2D eigenvalue weighted by Crippen LogP contribution is -2.26. The third kappa shape index (κ3) is 4.63. The third-order valence-electron chi connectivity index (χ3n) is 3.12. The van der Waals surface area contributed by atoms with Crippen molar-refractivity contribution in [2.45, 2.75) is 58.2 Å². The Hall–Kier alpha value is -1.43. The molecule has 2 N–H and O–H groups in total. The Morgan fingerprint density at radius 1 is 1.53 bits per heavy atom. The highest BCUT2D eigenvalue weighted by molar-refractivity contribution is 5.76. The van der Waals surface area contributed by atoms with Gasteiger partial charge in [-0.3, -0.25) is 4.79 Å². The molecule has 6 nitrogen and oxygen atoms in total. The summed E-state index contributed by atoms with van der Waals surface area (Å²) in [6.45, 7) is 5.69. The van der Waals surface area contributed by atoms with Gasteiger partial charge in [0.25, 0.3) is 0 Å². The predicted molar refractivity (Wildman–Crippen MR) is 72.5 cm³/mol. The summed E-state index contributed by atoms with van der Waals surface area (Å²) < 4.78 is 1.91. The molecule has 0 saturated heterocycles. The SMILES string of the molecule is CC(C)n1ncnc1CNCCCC(=O)NC1CC1. The summed E-state index contributed by atoms with van der Waals surface area (Å²) in [7, 11) is 0. The first kappa shape index (κ1) is 14.0. The summed E-state index contributed by atoms with van der Waals surface area (Å²) in [6, 6.07) is 0.786. The number of hydrogen-bond acceptors (Lipinski definition) is 4. The van der Waals surface area contributed by atoms with Crippen molar-refractivity contribution < 1.29 is 4.79 Å². The van der Waals surface area contributed by atoms with Crippen LogP contribution in [0.25, 0.3) is 0 Å². The second kappa shape index (κ2) is 6.65. The summed E-state index contributed by atoms with van der Waals surface area (Å²) >= 11 is 0. The molecule has 0 radical (unpaired) electrons. The van der Waals surface area contributed by atoms with Crippen LogP contribution < -0.4 is 10.6 Å². The summed E-state index contributed by atoms with van der Waals surface area (Å²) in [5, 5.41) is 10.5. The maximum absolute atomic E-state index is 11.5. The lowest BCUT2D eigenvalue weighted by Gasteiger charge is -2.10. The van der Waals surface area contributed by atoms with Crippen LogP contribution in [0, 0.1) is 0 Å². The first-order valence-electron chi connectivity index (χ1n) is 7.05. The first-order valence-corrected chi connectivity index (χ1v) is 7.05. The molecule has 0 unspecified atom stereocenters. The van der Waals surface area contributed by atoms with Crippen molar-refractivity contribution in [1.29, 1.82) is 0 Å². The quantitative estimate of drug-likeness (QED) is 0.688. The normalized spacial score (nSPS) is 14.9. The van der Waals surface area contributed by atoms with E-state index in [1.807, 2.05) is 4.68 Å². The van der Waals surface area contributed by atoms with Gasteiger partial charge in [0, 0.05) is 18.5 Å². The van der Waals surface area contributed by atoms with E-state index >= 15 is 0 Å². The van der Waals surface area contributed by atoms with E-state index in [-0.39, 0.29) is 5.91 Å². The molecule has 2 rings (SSSR count). The zero-order valence-electron chi connectivity index (χ0n) is 11.7. The maximum Gasteiger partial charge on any atom is 0.220 e. The number of nitrogens with one attached hydrogen (secondary N) is 2. The lowest BCUT2D eigenvalue weighted by atomic mass is 10.3.